The molecule has 0 fully saturated rings. The molecule has 1 rings (SSSR count). The number of aliphatic hydroxyl groups excluding tert-OH is 1. The highest BCUT2D eigenvalue weighted by atomic mass is 35.5. The second-order valence-corrected chi connectivity index (χ2v) is 4.34. The molecular weight excluding hydrogens is 226 g/mol. The summed E-state index contributed by atoms with van der Waals surface area (Å²) in [5.74, 6) is 0.771. The van der Waals surface area contributed by atoms with Gasteiger partial charge >= 0.3 is 0 Å². The summed E-state index contributed by atoms with van der Waals surface area (Å²) in [4.78, 5) is 0. The maximum Gasteiger partial charge on any atom is 0.147 e. The molecule has 2 unspecified atom stereocenters. The zero-order chi connectivity index (χ0) is 12.1. The molecule has 2 N–H and O–H groups in total. The number of aliphatic hydroxyl groups is 1. The summed E-state index contributed by atoms with van der Waals surface area (Å²) in [7, 11) is 0. The van der Waals surface area contributed by atoms with Gasteiger partial charge in [0.05, 0.1) is 6.10 Å². The molecule has 1 aromatic carbocycles. The lowest BCUT2D eigenvalue weighted by Gasteiger charge is -2.17. The van der Waals surface area contributed by atoms with E-state index in [9.17, 15) is 0 Å². The van der Waals surface area contributed by atoms with E-state index in [0.29, 0.717) is 6.54 Å². The molecule has 0 aliphatic heterocycles. The first-order chi connectivity index (χ1) is 7.49. The van der Waals surface area contributed by atoms with Crippen LogP contribution in [0.15, 0.2) is 18.2 Å². The third kappa shape index (κ3) is 4.39. The Hall–Kier alpha value is -0.770. The molecule has 3 nitrogen and oxygen atoms in total. The summed E-state index contributed by atoms with van der Waals surface area (Å²) >= 11 is 5.92. The Balaban J connectivity index is 2.49. The molecule has 0 bridgehead atoms. The molecule has 0 aromatic heterocycles. The van der Waals surface area contributed by atoms with Gasteiger partial charge in [-0.15, -0.1) is 0 Å². The largest absolute Gasteiger partial charge is 0.476 e. The molecule has 2 atom stereocenters. The van der Waals surface area contributed by atoms with E-state index in [1.807, 2.05) is 32.0 Å². The summed E-state index contributed by atoms with van der Waals surface area (Å²) in [6.45, 7) is 6.06. The van der Waals surface area contributed by atoms with E-state index >= 15 is 0 Å². The smallest absolute Gasteiger partial charge is 0.147 e. The molecule has 0 radical (unpaired) electrons. The molecule has 0 aliphatic rings. The van der Waals surface area contributed by atoms with Crippen LogP contribution < -0.4 is 10.1 Å². The van der Waals surface area contributed by atoms with Crippen molar-refractivity contribution in [3.63, 3.8) is 0 Å². The fourth-order valence-corrected chi connectivity index (χ4v) is 1.39. The van der Waals surface area contributed by atoms with Crippen molar-refractivity contribution in [3.05, 3.63) is 28.8 Å². The van der Waals surface area contributed by atoms with Gasteiger partial charge in [-0.05, 0) is 44.5 Å². The Morgan fingerprint density at radius 2 is 2.12 bits per heavy atom. The Morgan fingerprint density at radius 3 is 2.69 bits per heavy atom. The van der Waals surface area contributed by atoms with Gasteiger partial charge in [-0.3, -0.25) is 5.32 Å². The van der Waals surface area contributed by atoms with Crippen LogP contribution in [-0.2, 0) is 0 Å². The van der Waals surface area contributed by atoms with E-state index in [1.165, 1.54) is 0 Å². The van der Waals surface area contributed by atoms with Crippen LogP contribution in [0.1, 0.15) is 19.4 Å². The predicted molar refractivity (Wildman–Crippen MR) is 66.0 cm³/mol. The molecule has 4 heteroatoms. The molecule has 1 aromatic rings. The van der Waals surface area contributed by atoms with E-state index in [0.717, 1.165) is 16.3 Å². The van der Waals surface area contributed by atoms with Crippen LogP contribution in [0.2, 0.25) is 5.02 Å². The number of ether oxygens (including phenoxy) is 1. The van der Waals surface area contributed by atoms with Gasteiger partial charge in [-0.2, -0.15) is 0 Å². The van der Waals surface area contributed by atoms with E-state index < -0.39 is 0 Å². The van der Waals surface area contributed by atoms with E-state index in [1.54, 1.807) is 6.92 Å². The number of hydrogen-bond donors (Lipinski definition) is 2. The number of nitrogens with one attached hydrogen (secondary N) is 1. The monoisotopic (exact) mass is 243 g/mol. The lowest BCUT2D eigenvalue weighted by molar-refractivity contribution is 0.137. The predicted octanol–water partition coefficient (Wildman–Crippen LogP) is 2.34. The topological polar surface area (TPSA) is 41.5 Å². The van der Waals surface area contributed by atoms with Crippen molar-refractivity contribution in [2.24, 2.45) is 0 Å². The molecule has 0 amide bonds. The molecule has 16 heavy (non-hydrogen) atoms. The number of rotatable bonds is 5. The summed E-state index contributed by atoms with van der Waals surface area (Å²) in [6, 6.07) is 5.53. The van der Waals surface area contributed by atoms with Crippen LogP contribution in [0, 0.1) is 6.92 Å². The minimum Gasteiger partial charge on any atom is -0.476 e. The molecule has 0 aliphatic carbocycles. The minimum atomic E-state index is -0.377. The molecule has 0 saturated heterocycles. The van der Waals surface area contributed by atoms with Gasteiger partial charge in [0.25, 0.3) is 0 Å². The highest BCUT2D eigenvalue weighted by Crippen LogP contribution is 2.21. The van der Waals surface area contributed by atoms with Crippen molar-refractivity contribution in [1.29, 1.82) is 0 Å². The van der Waals surface area contributed by atoms with E-state index in [4.69, 9.17) is 21.4 Å². The Morgan fingerprint density at radius 1 is 1.44 bits per heavy atom. The number of hydrogen-bond acceptors (Lipinski definition) is 3. The zero-order valence-electron chi connectivity index (χ0n) is 9.83. The van der Waals surface area contributed by atoms with Crippen molar-refractivity contribution >= 4 is 11.6 Å². The van der Waals surface area contributed by atoms with E-state index in [2.05, 4.69) is 5.32 Å². The van der Waals surface area contributed by atoms with Crippen molar-refractivity contribution in [1.82, 2.24) is 5.32 Å². The Bertz CT molecular complexity index is 342. The third-order valence-electron chi connectivity index (χ3n) is 2.14. The first-order valence-electron chi connectivity index (χ1n) is 5.33. The molecule has 0 spiro atoms. The van der Waals surface area contributed by atoms with Crippen LogP contribution >= 0.6 is 11.6 Å². The lowest BCUT2D eigenvalue weighted by atomic mass is 10.2. The van der Waals surface area contributed by atoms with Crippen LogP contribution in [0.5, 0.6) is 5.75 Å². The van der Waals surface area contributed by atoms with Crippen molar-refractivity contribution in [2.45, 2.75) is 33.1 Å². The van der Waals surface area contributed by atoms with Gasteiger partial charge < -0.3 is 9.84 Å². The van der Waals surface area contributed by atoms with Crippen molar-refractivity contribution in [3.8, 4) is 5.75 Å². The minimum absolute atomic E-state index is 0.143. The van der Waals surface area contributed by atoms with Crippen LogP contribution in [0.4, 0.5) is 0 Å². The number of halogens is 1. The maximum absolute atomic E-state index is 9.11. The van der Waals surface area contributed by atoms with Crippen molar-refractivity contribution < 1.29 is 9.84 Å². The average molecular weight is 244 g/mol. The average Bonchev–Trinajstić information content (AvgIpc) is 2.21. The molecule has 0 saturated carbocycles. The molecular formula is C12H18ClNO2. The van der Waals surface area contributed by atoms with Gasteiger partial charge in [0, 0.05) is 11.6 Å². The van der Waals surface area contributed by atoms with Crippen LogP contribution in [0.25, 0.3) is 0 Å². The number of aryl methyl sites for hydroxylation is 1. The zero-order valence-corrected chi connectivity index (χ0v) is 10.6. The summed E-state index contributed by atoms with van der Waals surface area (Å²) < 4.78 is 5.62. The van der Waals surface area contributed by atoms with Gasteiger partial charge in [-0.25, -0.2) is 0 Å². The highest BCUT2D eigenvalue weighted by Gasteiger charge is 2.05. The normalized spacial score (nSPS) is 14.6. The van der Waals surface area contributed by atoms with Gasteiger partial charge in [0.1, 0.15) is 12.0 Å². The first-order valence-corrected chi connectivity index (χ1v) is 5.71. The molecule has 0 heterocycles. The van der Waals surface area contributed by atoms with Gasteiger partial charge in [0.15, 0.2) is 0 Å². The molecule has 90 valence electrons. The third-order valence-corrected chi connectivity index (χ3v) is 2.57. The fourth-order valence-electron chi connectivity index (χ4n) is 1.27. The summed E-state index contributed by atoms with van der Waals surface area (Å²) in [5, 5.41) is 12.9. The van der Waals surface area contributed by atoms with Gasteiger partial charge in [0.2, 0.25) is 0 Å². The first kappa shape index (κ1) is 13.3. The lowest BCUT2D eigenvalue weighted by Crippen LogP contribution is -2.36. The second kappa shape index (κ2) is 6.09. The van der Waals surface area contributed by atoms with Crippen LogP contribution in [-0.4, -0.2) is 24.0 Å². The summed E-state index contributed by atoms with van der Waals surface area (Å²) in [5.41, 5.74) is 0.988. The Kier molecular flexibility index (Phi) is 5.06. The number of benzene rings is 1. The quantitative estimate of drug-likeness (QED) is 0.780. The Labute approximate surface area is 101 Å². The SMILES string of the molecule is Cc1cc(OC(C)NCC(C)O)ccc1Cl. The summed E-state index contributed by atoms with van der Waals surface area (Å²) in [6.07, 6.45) is -0.520. The van der Waals surface area contributed by atoms with Gasteiger partial charge in [-0.1, -0.05) is 11.6 Å². The second-order valence-electron chi connectivity index (χ2n) is 3.93. The van der Waals surface area contributed by atoms with E-state index in [-0.39, 0.29) is 12.3 Å². The highest BCUT2D eigenvalue weighted by molar-refractivity contribution is 6.31. The maximum atomic E-state index is 9.11. The standard InChI is InChI=1S/C12H18ClNO2/c1-8-6-11(4-5-12(8)13)16-10(3)14-7-9(2)15/h4-6,9-10,14-15H,7H2,1-3H3. The fraction of sp³-hybridized carbons (Fsp3) is 0.500. The van der Waals surface area contributed by atoms with Crippen LogP contribution in [0.3, 0.4) is 0 Å². The van der Waals surface area contributed by atoms with Crippen molar-refractivity contribution in [2.75, 3.05) is 6.54 Å².